The number of hydrogen-bond acceptors (Lipinski definition) is 8. The average Bonchev–Trinajstić information content (AvgIpc) is 3.15. The number of nitrogens with one attached hydrogen (secondary N) is 2. The molecule has 6 rings (SSSR count). The number of aryl methyl sites for hydroxylation is 2. The first kappa shape index (κ1) is 38.3. The maximum absolute atomic E-state index is 13.4. The fourth-order valence-electron chi connectivity index (χ4n) is 6.53. The topological polar surface area (TPSA) is 167 Å². The van der Waals surface area contributed by atoms with Crippen LogP contribution < -0.4 is 10.6 Å². The molecule has 2 aliphatic heterocycles. The molecule has 0 aromatic heterocycles. The van der Waals surface area contributed by atoms with Crippen LogP contribution in [0.25, 0.3) is 0 Å². The number of sulfone groups is 1. The van der Waals surface area contributed by atoms with Gasteiger partial charge in [-0.25, -0.2) is 25.3 Å². The lowest BCUT2D eigenvalue weighted by Gasteiger charge is -2.31. The van der Waals surface area contributed by atoms with Gasteiger partial charge in [0.2, 0.25) is 41.7 Å². The third kappa shape index (κ3) is 8.54. The Balaban J connectivity index is 1.04. The Kier molecular flexibility index (Phi) is 11.2. The van der Waals surface area contributed by atoms with Gasteiger partial charge in [-0.3, -0.25) is 9.59 Å². The Morgan fingerprint density at radius 1 is 0.509 bits per heavy atom. The molecule has 0 spiro atoms. The number of piperidine rings is 2. The molecular weight excluding hydrogens is 737 g/mol. The number of rotatable bonds is 10. The van der Waals surface area contributed by atoms with Gasteiger partial charge < -0.3 is 10.6 Å². The maximum Gasteiger partial charge on any atom is 0.243 e. The summed E-state index contributed by atoms with van der Waals surface area (Å²) in [7, 11) is -11.5. The molecular formula is C38H42N4O8S3. The molecule has 0 unspecified atom stereocenters. The van der Waals surface area contributed by atoms with E-state index >= 15 is 0 Å². The number of benzene rings is 4. The van der Waals surface area contributed by atoms with Crippen LogP contribution in [0.4, 0.5) is 11.4 Å². The molecule has 2 saturated heterocycles. The predicted molar refractivity (Wildman–Crippen MR) is 201 cm³/mol. The Labute approximate surface area is 311 Å². The van der Waals surface area contributed by atoms with Gasteiger partial charge in [0.15, 0.2) is 0 Å². The van der Waals surface area contributed by atoms with Gasteiger partial charge in [-0.15, -0.1) is 0 Å². The highest BCUT2D eigenvalue weighted by molar-refractivity contribution is 7.91. The van der Waals surface area contributed by atoms with Gasteiger partial charge in [-0.05, 0) is 112 Å². The van der Waals surface area contributed by atoms with Crippen LogP contribution in [0.15, 0.2) is 117 Å². The summed E-state index contributed by atoms with van der Waals surface area (Å²) in [6.07, 6.45) is 2.09. The minimum atomic E-state index is -3.95. The maximum atomic E-state index is 13.4. The van der Waals surface area contributed by atoms with Crippen molar-refractivity contribution in [2.24, 2.45) is 11.8 Å². The zero-order valence-corrected chi connectivity index (χ0v) is 31.9. The molecule has 4 aromatic rings. The molecule has 0 bridgehead atoms. The minimum Gasteiger partial charge on any atom is -0.326 e. The molecule has 15 heteroatoms. The molecule has 2 N–H and O–H groups in total. The molecule has 2 atom stereocenters. The van der Waals surface area contributed by atoms with Crippen molar-refractivity contribution in [2.45, 2.75) is 59.1 Å². The van der Waals surface area contributed by atoms with Gasteiger partial charge >= 0.3 is 0 Å². The van der Waals surface area contributed by atoms with Crippen LogP contribution in [0.5, 0.6) is 0 Å². The van der Waals surface area contributed by atoms with Gasteiger partial charge in [0.25, 0.3) is 0 Å². The van der Waals surface area contributed by atoms with Crippen molar-refractivity contribution in [1.29, 1.82) is 0 Å². The third-order valence-electron chi connectivity index (χ3n) is 9.69. The van der Waals surface area contributed by atoms with Crippen molar-refractivity contribution >= 4 is 53.1 Å². The first-order valence-corrected chi connectivity index (χ1v) is 21.7. The molecule has 53 heavy (non-hydrogen) atoms. The fraction of sp³-hybridized carbons (Fsp3) is 0.316. The van der Waals surface area contributed by atoms with Crippen LogP contribution >= 0.6 is 0 Å². The van der Waals surface area contributed by atoms with Crippen LogP contribution in [0.3, 0.4) is 0 Å². The van der Waals surface area contributed by atoms with E-state index in [1.54, 1.807) is 48.5 Å². The lowest BCUT2D eigenvalue weighted by Crippen LogP contribution is -2.43. The van der Waals surface area contributed by atoms with Crippen LogP contribution in [-0.4, -0.2) is 71.9 Å². The summed E-state index contributed by atoms with van der Waals surface area (Å²) in [6.45, 7) is 4.47. The summed E-state index contributed by atoms with van der Waals surface area (Å²) in [4.78, 5) is 26.7. The third-order valence-corrected chi connectivity index (χ3v) is 15.2. The van der Waals surface area contributed by atoms with Crippen LogP contribution in [0, 0.1) is 25.7 Å². The van der Waals surface area contributed by atoms with Gasteiger partial charge in [-0.2, -0.15) is 8.61 Å². The summed E-state index contributed by atoms with van der Waals surface area (Å²) in [5.41, 5.74) is 2.63. The predicted octanol–water partition coefficient (Wildman–Crippen LogP) is 5.22. The molecule has 4 aromatic carbocycles. The van der Waals surface area contributed by atoms with E-state index in [0.717, 1.165) is 11.1 Å². The van der Waals surface area contributed by atoms with E-state index in [9.17, 15) is 34.8 Å². The number of hydrogen-bond donors (Lipinski definition) is 2. The fourth-order valence-corrected chi connectivity index (χ4v) is 10.8. The normalized spacial score (nSPS) is 19.0. The lowest BCUT2D eigenvalue weighted by atomic mass is 9.99. The van der Waals surface area contributed by atoms with Gasteiger partial charge in [0, 0.05) is 37.6 Å². The van der Waals surface area contributed by atoms with E-state index in [2.05, 4.69) is 10.6 Å². The standard InChI is InChI=1S/C38H42N4O8S3/c1-27-7-15-35(16-8-27)52(47,48)41-23-3-5-29(25-41)37(43)39-31-11-19-33(20-12-31)51(45,46)34-21-13-32(14-22-34)40-38(44)30-6-4-24-42(26-30)53(49,50)36-17-9-28(2)10-18-36/h7-22,29-30H,3-6,23-26H2,1-2H3,(H,39,43)(H,40,44)/t29-,30+. The Bertz CT molecular complexity index is 2140. The molecule has 12 nitrogen and oxygen atoms in total. The summed E-state index contributed by atoms with van der Waals surface area (Å²) in [5, 5.41) is 5.58. The molecule has 2 fully saturated rings. The van der Waals surface area contributed by atoms with Crippen LogP contribution in [0.2, 0.25) is 0 Å². The summed E-state index contributed by atoms with van der Waals surface area (Å²) >= 11 is 0. The molecule has 2 amide bonds. The van der Waals surface area contributed by atoms with Crippen molar-refractivity contribution in [3.05, 3.63) is 108 Å². The monoisotopic (exact) mass is 778 g/mol. The SMILES string of the molecule is Cc1ccc(S(=O)(=O)N2CCC[C@@H](C(=O)Nc3ccc(S(=O)(=O)c4ccc(NC(=O)[C@H]5CCCN(S(=O)(=O)c6ccc(C)cc6)C5)cc4)cc3)C2)cc1. The Hall–Kier alpha value is -4.41. The van der Waals surface area contributed by atoms with E-state index in [1.807, 2.05) is 13.8 Å². The highest BCUT2D eigenvalue weighted by atomic mass is 32.2. The van der Waals surface area contributed by atoms with E-state index in [-0.39, 0.29) is 44.5 Å². The van der Waals surface area contributed by atoms with Crippen molar-refractivity contribution in [2.75, 3.05) is 36.8 Å². The van der Waals surface area contributed by atoms with E-state index in [1.165, 1.54) is 57.1 Å². The quantitative estimate of drug-likeness (QED) is 0.221. The Morgan fingerprint density at radius 2 is 0.830 bits per heavy atom. The second-order valence-electron chi connectivity index (χ2n) is 13.6. The van der Waals surface area contributed by atoms with Crippen molar-refractivity contribution in [3.8, 4) is 0 Å². The number of carbonyl (C=O) groups excluding carboxylic acids is 2. The summed E-state index contributed by atoms with van der Waals surface area (Å²) in [5.74, 6) is -1.85. The van der Waals surface area contributed by atoms with Gasteiger partial charge in [0.1, 0.15) is 0 Å². The number of carbonyl (C=O) groups is 2. The van der Waals surface area contributed by atoms with E-state index in [4.69, 9.17) is 0 Å². The summed E-state index contributed by atoms with van der Waals surface area (Å²) in [6, 6.07) is 24.6. The van der Waals surface area contributed by atoms with Crippen molar-refractivity contribution in [1.82, 2.24) is 8.61 Å². The van der Waals surface area contributed by atoms with Crippen molar-refractivity contribution < 1.29 is 34.8 Å². The highest BCUT2D eigenvalue weighted by Gasteiger charge is 2.35. The first-order chi connectivity index (χ1) is 25.1. The molecule has 280 valence electrons. The first-order valence-electron chi connectivity index (χ1n) is 17.4. The molecule has 0 saturated carbocycles. The average molecular weight is 779 g/mol. The van der Waals surface area contributed by atoms with Crippen LogP contribution in [-0.2, 0) is 39.5 Å². The van der Waals surface area contributed by atoms with E-state index in [0.29, 0.717) is 50.1 Å². The zero-order valence-electron chi connectivity index (χ0n) is 29.4. The van der Waals surface area contributed by atoms with E-state index < -0.39 is 41.7 Å². The zero-order chi connectivity index (χ0) is 38.0. The smallest absolute Gasteiger partial charge is 0.243 e. The molecule has 0 aliphatic carbocycles. The Morgan fingerprint density at radius 3 is 1.17 bits per heavy atom. The number of anilines is 2. The highest BCUT2D eigenvalue weighted by Crippen LogP contribution is 2.29. The lowest BCUT2D eigenvalue weighted by molar-refractivity contribution is -0.121. The molecule has 2 heterocycles. The molecule has 2 aliphatic rings. The largest absolute Gasteiger partial charge is 0.326 e. The summed E-state index contributed by atoms with van der Waals surface area (Å²) < 4.78 is 82.3. The molecule has 0 radical (unpaired) electrons. The second kappa shape index (κ2) is 15.5. The van der Waals surface area contributed by atoms with Crippen molar-refractivity contribution in [3.63, 3.8) is 0 Å². The van der Waals surface area contributed by atoms with Crippen LogP contribution in [0.1, 0.15) is 36.8 Å². The minimum absolute atomic E-state index is 0.00241. The van der Waals surface area contributed by atoms with Gasteiger partial charge in [-0.1, -0.05) is 35.4 Å². The van der Waals surface area contributed by atoms with Gasteiger partial charge in [0.05, 0.1) is 31.4 Å². The number of sulfonamides is 2. The number of amides is 2. The second-order valence-corrected chi connectivity index (χ2v) is 19.4. The number of nitrogens with zero attached hydrogens (tertiary/aromatic N) is 2.